The van der Waals surface area contributed by atoms with Crippen LogP contribution >= 0.6 is 0 Å². The Balaban J connectivity index is 2.35. The number of carbonyl (C=O) groups excluding carboxylic acids is 2. The molecule has 0 bridgehead atoms. The van der Waals surface area contributed by atoms with E-state index in [2.05, 4.69) is 15.7 Å². The molecule has 116 valence electrons. The molecular weight excluding hydrogens is 280 g/mol. The maximum Gasteiger partial charge on any atom is 0.271 e. The Hall–Kier alpha value is -2.63. The monoisotopic (exact) mass is 300 g/mol. The van der Waals surface area contributed by atoms with Crippen molar-refractivity contribution in [3.8, 4) is 5.69 Å². The second-order valence-electron chi connectivity index (χ2n) is 4.82. The fourth-order valence-corrected chi connectivity index (χ4v) is 1.91. The number of aromatic nitrogens is 2. The number of hydrogen-bond acceptors (Lipinski definition) is 3. The maximum atomic E-state index is 12.1. The van der Waals surface area contributed by atoms with E-state index >= 15 is 0 Å². The highest BCUT2D eigenvalue weighted by Crippen LogP contribution is 2.17. The van der Waals surface area contributed by atoms with Gasteiger partial charge in [0.2, 0.25) is 5.91 Å². The molecule has 0 aliphatic rings. The van der Waals surface area contributed by atoms with Crippen molar-refractivity contribution in [3.63, 3.8) is 0 Å². The number of hydrogen-bond donors (Lipinski definition) is 2. The van der Waals surface area contributed by atoms with Gasteiger partial charge in [-0.2, -0.15) is 5.10 Å². The van der Waals surface area contributed by atoms with Crippen molar-refractivity contribution in [2.75, 3.05) is 11.9 Å². The quantitative estimate of drug-likeness (QED) is 0.860. The minimum atomic E-state index is -0.247. The van der Waals surface area contributed by atoms with Crippen LogP contribution in [0.4, 0.5) is 5.82 Å². The van der Waals surface area contributed by atoms with Gasteiger partial charge in [-0.3, -0.25) is 9.59 Å². The summed E-state index contributed by atoms with van der Waals surface area (Å²) in [5.41, 5.74) is 1.06. The van der Waals surface area contributed by atoms with Crippen molar-refractivity contribution in [1.29, 1.82) is 0 Å². The van der Waals surface area contributed by atoms with Crippen molar-refractivity contribution in [1.82, 2.24) is 15.1 Å². The lowest BCUT2D eigenvalue weighted by atomic mass is 10.3. The summed E-state index contributed by atoms with van der Waals surface area (Å²) in [5, 5.41) is 9.86. The average molecular weight is 300 g/mol. The van der Waals surface area contributed by atoms with Crippen molar-refractivity contribution in [3.05, 3.63) is 42.1 Å². The summed E-state index contributed by atoms with van der Waals surface area (Å²) >= 11 is 0. The number of para-hydroxylation sites is 1. The second kappa shape index (κ2) is 7.40. The van der Waals surface area contributed by atoms with E-state index < -0.39 is 0 Å². The van der Waals surface area contributed by atoms with Gasteiger partial charge in [0.1, 0.15) is 5.82 Å². The lowest BCUT2D eigenvalue weighted by Crippen LogP contribution is -2.24. The van der Waals surface area contributed by atoms with E-state index in [1.807, 2.05) is 37.3 Å². The Morgan fingerprint density at radius 1 is 1.18 bits per heavy atom. The fraction of sp³-hybridized carbons (Fsp3) is 0.312. The SMILES string of the molecule is CCCNC(=O)c1cc(NC(=O)CC)n(-c2ccccc2)n1. The van der Waals surface area contributed by atoms with E-state index in [4.69, 9.17) is 0 Å². The zero-order chi connectivity index (χ0) is 15.9. The minimum Gasteiger partial charge on any atom is -0.351 e. The first-order chi connectivity index (χ1) is 10.7. The smallest absolute Gasteiger partial charge is 0.271 e. The fourth-order valence-electron chi connectivity index (χ4n) is 1.91. The summed E-state index contributed by atoms with van der Waals surface area (Å²) in [5.74, 6) is 0.112. The summed E-state index contributed by atoms with van der Waals surface area (Å²) in [6.07, 6.45) is 1.21. The first kappa shape index (κ1) is 15.8. The molecule has 0 saturated carbocycles. The Morgan fingerprint density at radius 3 is 2.55 bits per heavy atom. The van der Waals surface area contributed by atoms with Crippen LogP contribution in [0.3, 0.4) is 0 Å². The van der Waals surface area contributed by atoms with Gasteiger partial charge in [0.15, 0.2) is 5.69 Å². The molecule has 0 unspecified atom stereocenters. The van der Waals surface area contributed by atoms with Gasteiger partial charge in [-0.15, -0.1) is 0 Å². The molecule has 2 rings (SSSR count). The summed E-state index contributed by atoms with van der Waals surface area (Å²) < 4.78 is 1.56. The normalized spacial score (nSPS) is 10.3. The molecule has 2 N–H and O–H groups in total. The molecule has 0 radical (unpaired) electrons. The highest BCUT2D eigenvalue weighted by molar-refractivity contribution is 5.95. The molecule has 0 aliphatic carbocycles. The van der Waals surface area contributed by atoms with E-state index in [-0.39, 0.29) is 17.5 Å². The number of nitrogens with one attached hydrogen (secondary N) is 2. The van der Waals surface area contributed by atoms with Crippen LogP contribution in [-0.4, -0.2) is 28.1 Å². The lowest BCUT2D eigenvalue weighted by Gasteiger charge is -2.07. The predicted molar refractivity (Wildman–Crippen MR) is 85.1 cm³/mol. The Morgan fingerprint density at radius 2 is 1.91 bits per heavy atom. The van der Waals surface area contributed by atoms with Gasteiger partial charge in [-0.25, -0.2) is 4.68 Å². The van der Waals surface area contributed by atoms with Crippen LogP contribution in [0.2, 0.25) is 0 Å². The van der Waals surface area contributed by atoms with E-state index in [1.54, 1.807) is 17.7 Å². The maximum absolute atomic E-state index is 12.1. The highest BCUT2D eigenvalue weighted by atomic mass is 16.2. The van der Waals surface area contributed by atoms with Crippen LogP contribution in [0.5, 0.6) is 0 Å². The second-order valence-corrected chi connectivity index (χ2v) is 4.82. The number of anilines is 1. The molecule has 6 heteroatoms. The largest absolute Gasteiger partial charge is 0.351 e. The van der Waals surface area contributed by atoms with E-state index in [1.165, 1.54) is 0 Å². The molecule has 2 amide bonds. The third-order valence-corrected chi connectivity index (χ3v) is 3.07. The predicted octanol–water partition coefficient (Wildman–Crippen LogP) is 2.36. The lowest BCUT2D eigenvalue weighted by molar-refractivity contribution is -0.115. The summed E-state index contributed by atoms with van der Waals surface area (Å²) in [4.78, 5) is 23.7. The van der Waals surface area contributed by atoms with Gasteiger partial charge in [0, 0.05) is 19.0 Å². The van der Waals surface area contributed by atoms with Crippen LogP contribution in [0.15, 0.2) is 36.4 Å². The number of rotatable bonds is 6. The Labute approximate surface area is 129 Å². The van der Waals surface area contributed by atoms with Crippen LogP contribution in [0.25, 0.3) is 5.69 Å². The Bertz CT molecular complexity index is 649. The van der Waals surface area contributed by atoms with Crippen molar-refractivity contribution in [2.24, 2.45) is 0 Å². The summed E-state index contributed by atoms with van der Waals surface area (Å²) in [6, 6.07) is 11.0. The van der Waals surface area contributed by atoms with E-state index in [9.17, 15) is 9.59 Å². The number of nitrogens with zero attached hydrogens (tertiary/aromatic N) is 2. The third kappa shape index (κ3) is 3.72. The van der Waals surface area contributed by atoms with Gasteiger partial charge in [0.25, 0.3) is 5.91 Å². The minimum absolute atomic E-state index is 0.127. The molecule has 0 spiro atoms. The third-order valence-electron chi connectivity index (χ3n) is 3.07. The molecule has 2 aromatic rings. The molecular formula is C16H20N4O2. The van der Waals surface area contributed by atoms with E-state index in [0.717, 1.165) is 12.1 Å². The van der Waals surface area contributed by atoms with E-state index in [0.29, 0.717) is 18.8 Å². The van der Waals surface area contributed by atoms with Gasteiger partial charge in [0.05, 0.1) is 5.69 Å². The van der Waals surface area contributed by atoms with Gasteiger partial charge >= 0.3 is 0 Å². The van der Waals surface area contributed by atoms with Crippen molar-refractivity contribution in [2.45, 2.75) is 26.7 Å². The molecule has 0 atom stereocenters. The molecule has 1 heterocycles. The molecule has 6 nitrogen and oxygen atoms in total. The summed E-state index contributed by atoms with van der Waals surface area (Å²) in [6.45, 7) is 4.34. The van der Waals surface area contributed by atoms with Crippen molar-refractivity contribution < 1.29 is 9.59 Å². The summed E-state index contributed by atoms with van der Waals surface area (Å²) in [7, 11) is 0. The molecule has 22 heavy (non-hydrogen) atoms. The van der Waals surface area contributed by atoms with Crippen LogP contribution in [0.1, 0.15) is 37.2 Å². The molecule has 0 fully saturated rings. The zero-order valence-electron chi connectivity index (χ0n) is 12.8. The standard InChI is InChI=1S/C16H20N4O2/c1-3-10-17-16(22)13-11-14(18-15(21)4-2)20(19-13)12-8-6-5-7-9-12/h5-9,11H,3-4,10H2,1-2H3,(H,17,22)(H,18,21). The molecule has 0 aliphatic heterocycles. The molecule has 1 aromatic carbocycles. The van der Waals surface area contributed by atoms with Crippen molar-refractivity contribution >= 4 is 17.6 Å². The first-order valence-corrected chi connectivity index (χ1v) is 7.39. The Kier molecular flexibility index (Phi) is 5.30. The number of benzene rings is 1. The number of amides is 2. The highest BCUT2D eigenvalue weighted by Gasteiger charge is 2.16. The van der Waals surface area contributed by atoms with Gasteiger partial charge in [-0.1, -0.05) is 32.0 Å². The molecule has 0 saturated heterocycles. The first-order valence-electron chi connectivity index (χ1n) is 7.39. The molecule has 1 aromatic heterocycles. The van der Waals surface area contributed by atoms with Crippen LogP contribution in [-0.2, 0) is 4.79 Å². The average Bonchev–Trinajstić information content (AvgIpc) is 2.97. The van der Waals surface area contributed by atoms with Gasteiger partial charge < -0.3 is 10.6 Å². The van der Waals surface area contributed by atoms with Crippen LogP contribution < -0.4 is 10.6 Å². The zero-order valence-corrected chi connectivity index (χ0v) is 12.8. The topological polar surface area (TPSA) is 76.0 Å². The van der Waals surface area contributed by atoms with Gasteiger partial charge in [-0.05, 0) is 18.6 Å². The number of carbonyl (C=O) groups is 2. The van der Waals surface area contributed by atoms with Crippen LogP contribution in [0, 0.1) is 0 Å².